The third kappa shape index (κ3) is 2.90. The number of benzene rings is 1. The zero-order chi connectivity index (χ0) is 14.2. The molecule has 1 aromatic rings. The summed E-state index contributed by atoms with van der Waals surface area (Å²) in [6.07, 6.45) is 0. The van der Waals surface area contributed by atoms with Gasteiger partial charge in [-0.2, -0.15) is 0 Å². The summed E-state index contributed by atoms with van der Waals surface area (Å²) in [7, 11) is -2.84. The zero-order valence-corrected chi connectivity index (χ0v) is 12.7. The van der Waals surface area contributed by atoms with Gasteiger partial charge in [0, 0.05) is 38.3 Å². The molecule has 0 bridgehead atoms. The number of sulfone groups is 1. The van der Waals surface area contributed by atoms with Crippen molar-refractivity contribution in [2.45, 2.75) is 19.0 Å². The number of nitrogens with zero attached hydrogens (tertiary/aromatic N) is 2. The van der Waals surface area contributed by atoms with Crippen LogP contribution in [0.1, 0.15) is 18.5 Å². The van der Waals surface area contributed by atoms with Crippen molar-refractivity contribution < 1.29 is 8.42 Å². The van der Waals surface area contributed by atoms with Crippen molar-refractivity contribution >= 4 is 9.84 Å². The van der Waals surface area contributed by atoms with Crippen molar-refractivity contribution in [3.05, 3.63) is 35.9 Å². The minimum Gasteiger partial charge on any atom is -0.296 e. The van der Waals surface area contributed by atoms with Crippen LogP contribution >= 0.6 is 0 Å². The molecule has 0 radical (unpaired) electrons. The smallest absolute Gasteiger partial charge is 0.153 e. The van der Waals surface area contributed by atoms with Crippen LogP contribution < -0.4 is 0 Å². The van der Waals surface area contributed by atoms with Crippen LogP contribution in [-0.4, -0.2) is 61.9 Å². The maximum Gasteiger partial charge on any atom is 0.153 e. The molecule has 110 valence electrons. The van der Waals surface area contributed by atoms with Crippen LogP contribution in [-0.2, 0) is 9.84 Å². The fourth-order valence-corrected chi connectivity index (χ4v) is 4.88. The van der Waals surface area contributed by atoms with Crippen LogP contribution in [0.5, 0.6) is 0 Å². The number of hydrogen-bond donors (Lipinski definition) is 0. The first kappa shape index (κ1) is 14.0. The Kier molecular flexibility index (Phi) is 3.84. The van der Waals surface area contributed by atoms with Crippen molar-refractivity contribution in [2.24, 2.45) is 0 Å². The molecule has 2 aliphatic heterocycles. The van der Waals surface area contributed by atoms with Crippen LogP contribution in [0.2, 0.25) is 0 Å². The van der Waals surface area contributed by atoms with Gasteiger partial charge in [0.05, 0.1) is 11.5 Å². The molecule has 0 spiro atoms. The second-order valence-corrected chi connectivity index (χ2v) is 8.11. The molecule has 2 atom stereocenters. The molecule has 2 heterocycles. The van der Waals surface area contributed by atoms with E-state index in [0.717, 1.165) is 19.6 Å². The lowest BCUT2D eigenvalue weighted by atomic mass is 10.0. The molecule has 3 rings (SSSR count). The van der Waals surface area contributed by atoms with Gasteiger partial charge in [0.25, 0.3) is 0 Å². The molecule has 20 heavy (non-hydrogen) atoms. The molecule has 1 aromatic carbocycles. The highest BCUT2D eigenvalue weighted by atomic mass is 32.2. The predicted octanol–water partition coefficient (Wildman–Crippen LogP) is 1.16. The van der Waals surface area contributed by atoms with Gasteiger partial charge in [-0.25, -0.2) is 8.42 Å². The van der Waals surface area contributed by atoms with Crippen LogP contribution in [0, 0.1) is 0 Å². The second kappa shape index (κ2) is 5.47. The van der Waals surface area contributed by atoms with Gasteiger partial charge in [-0.15, -0.1) is 0 Å². The maximum absolute atomic E-state index is 11.8. The van der Waals surface area contributed by atoms with Gasteiger partial charge in [-0.1, -0.05) is 30.3 Å². The largest absolute Gasteiger partial charge is 0.296 e. The Balaban J connectivity index is 1.71. The molecule has 0 unspecified atom stereocenters. The number of hydrogen-bond acceptors (Lipinski definition) is 4. The maximum atomic E-state index is 11.8. The van der Waals surface area contributed by atoms with E-state index in [9.17, 15) is 8.42 Å². The van der Waals surface area contributed by atoms with Gasteiger partial charge in [0.2, 0.25) is 0 Å². The Morgan fingerprint density at radius 1 is 1.15 bits per heavy atom. The van der Waals surface area contributed by atoms with Gasteiger partial charge >= 0.3 is 0 Å². The summed E-state index contributed by atoms with van der Waals surface area (Å²) in [5.41, 5.74) is 1.31. The lowest BCUT2D eigenvalue weighted by Gasteiger charge is -2.45. The lowest BCUT2D eigenvalue weighted by Crippen LogP contribution is -2.59. The van der Waals surface area contributed by atoms with Gasteiger partial charge in [0.1, 0.15) is 0 Å². The van der Waals surface area contributed by atoms with E-state index in [0.29, 0.717) is 24.1 Å². The molecule has 0 N–H and O–H groups in total. The quantitative estimate of drug-likeness (QED) is 0.821. The van der Waals surface area contributed by atoms with Crippen molar-refractivity contribution in [3.8, 4) is 0 Å². The van der Waals surface area contributed by atoms with Crippen molar-refractivity contribution in [1.29, 1.82) is 0 Å². The summed E-state index contributed by atoms with van der Waals surface area (Å²) >= 11 is 0. The Morgan fingerprint density at radius 3 is 2.65 bits per heavy atom. The first-order valence-corrected chi connectivity index (χ1v) is 9.11. The van der Waals surface area contributed by atoms with Crippen LogP contribution in [0.25, 0.3) is 0 Å². The van der Waals surface area contributed by atoms with Gasteiger partial charge < -0.3 is 0 Å². The number of rotatable bonds is 2. The molecule has 0 aromatic heterocycles. The summed E-state index contributed by atoms with van der Waals surface area (Å²) in [5, 5.41) is 0. The van der Waals surface area contributed by atoms with E-state index in [4.69, 9.17) is 0 Å². The Morgan fingerprint density at radius 2 is 1.90 bits per heavy atom. The predicted molar refractivity (Wildman–Crippen MR) is 80.4 cm³/mol. The Bertz CT molecular complexity index is 558. The van der Waals surface area contributed by atoms with Crippen LogP contribution in [0.4, 0.5) is 0 Å². The standard InChI is InChI=1S/C15H22N2O2S/c1-13(14-5-3-2-4-6-14)17-8-7-16-9-10-20(18,19)12-15(16)11-17/h2-6,13,15H,7-12H2,1H3/t13-,15+/m0/s1. The Hall–Kier alpha value is -0.910. The molecule has 0 amide bonds. The molecular weight excluding hydrogens is 272 g/mol. The average molecular weight is 294 g/mol. The topological polar surface area (TPSA) is 40.6 Å². The highest BCUT2D eigenvalue weighted by molar-refractivity contribution is 7.91. The normalized spacial score (nSPS) is 28.8. The van der Waals surface area contributed by atoms with Gasteiger partial charge in [0.15, 0.2) is 9.84 Å². The van der Waals surface area contributed by atoms with E-state index in [1.165, 1.54) is 5.56 Å². The van der Waals surface area contributed by atoms with Crippen LogP contribution in [0.3, 0.4) is 0 Å². The summed E-state index contributed by atoms with van der Waals surface area (Å²) in [5.74, 6) is 0.656. The summed E-state index contributed by atoms with van der Waals surface area (Å²) in [4.78, 5) is 4.76. The summed E-state index contributed by atoms with van der Waals surface area (Å²) in [6.45, 7) is 5.78. The molecule has 2 aliphatic rings. The molecule has 5 heteroatoms. The van der Waals surface area contributed by atoms with E-state index in [-0.39, 0.29) is 6.04 Å². The molecular formula is C15H22N2O2S. The van der Waals surface area contributed by atoms with E-state index >= 15 is 0 Å². The fraction of sp³-hybridized carbons (Fsp3) is 0.600. The minimum absolute atomic E-state index is 0.175. The number of piperazine rings is 1. The van der Waals surface area contributed by atoms with E-state index < -0.39 is 9.84 Å². The van der Waals surface area contributed by atoms with Gasteiger partial charge in [-0.3, -0.25) is 9.80 Å². The third-order valence-corrected chi connectivity index (χ3v) is 6.30. The average Bonchev–Trinajstić information content (AvgIpc) is 2.45. The van der Waals surface area contributed by atoms with E-state index in [1.54, 1.807) is 0 Å². The lowest BCUT2D eigenvalue weighted by molar-refractivity contribution is 0.0616. The summed E-state index contributed by atoms with van der Waals surface area (Å²) < 4.78 is 23.6. The van der Waals surface area contributed by atoms with Crippen molar-refractivity contribution in [1.82, 2.24) is 9.80 Å². The zero-order valence-electron chi connectivity index (χ0n) is 11.9. The highest BCUT2D eigenvalue weighted by Gasteiger charge is 2.36. The molecule has 2 saturated heterocycles. The second-order valence-electron chi connectivity index (χ2n) is 5.89. The van der Waals surface area contributed by atoms with E-state index in [2.05, 4.69) is 41.0 Å². The van der Waals surface area contributed by atoms with Crippen molar-refractivity contribution in [3.63, 3.8) is 0 Å². The third-order valence-electron chi connectivity index (χ3n) is 4.60. The number of fused-ring (bicyclic) bond motifs is 1. The first-order valence-electron chi connectivity index (χ1n) is 7.29. The summed E-state index contributed by atoms with van der Waals surface area (Å²) in [6, 6.07) is 11.0. The molecule has 4 nitrogen and oxygen atoms in total. The van der Waals surface area contributed by atoms with Gasteiger partial charge in [-0.05, 0) is 12.5 Å². The molecule has 0 aliphatic carbocycles. The Labute approximate surface area is 121 Å². The minimum atomic E-state index is -2.84. The van der Waals surface area contributed by atoms with E-state index in [1.807, 2.05) is 6.07 Å². The SMILES string of the molecule is C[C@@H](c1ccccc1)N1CCN2CCS(=O)(=O)C[C@H]2C1. The fourth-order valence-electron chi connectivity index (χ4n) is 3.30. The molecule has 2 fully saturated rings. The first-order chi connectivity index (χ1) is 9.55. The van der Waals surface area contributed by atoms with Crippen LogP contribution in [0.15, 0.2) is 30.3 Å². The monoisotopic (exact) mass is 294 g/mol. The molecule has 0 saturated carbocycles. The highest BCUT2D eigenvalue weighted by Crippen LogP contribution is 2.25. The van der Waals surface area contributed by atoms with Crippen molar-refractivity contribution in [2.75, 3.05) is 37.7 Å².